The number of carbonyl (C=O) groups is 2. The first-order chi connectivity index (χ1) is 11.5. The second kappa shape index (κ2) is 6.74. The first kappa shape index (κ1) is 16.1. The Kier molecular flexibility index (Phi) is 4.51. The minimum Gasteiger partial charge on any atom is -0.372 e. The predicted octanol–water partition coefficient (Wildman–Crippen LogP) is 3.57. The maximum atomic E-state index is 12.2. The highest BCUT2D eigenvalue weighted by Crippen LogP contribution is 2.27. The van der Waals surface area contributed by atoms with Crippen LogP contribution in [-0.4, -0.2) is 17.9 Å². The van der Waals surface area contributed by atoms with Crippen LogP contribution in [0.4, 0.5) is 17.1 Å². The van der Waals surface area contributed by atoms with Gasteiger partial charge in [0.25, 0.3) is 0 Å². The summed E-state index contributed by atoms with van der Waals surface area (Å²) in [7, 11) is 0. The quantitative estimate of drug-likeness (QED) is 0.805. The van der Waals surface area contributed by atoms with Crippen LogP contribution >= 0.6 is 0 Å². The molecule has 0 aromatic heterocycles. The molecular formula is C19H21N3O2. The van der Waals surface area contributed by atoms with Crippen molar-refractivity contribution in [2.45, 2.75) is 32.2 Å². The Morgan fingerprint density at radius 1 is 1.08 bits per heavy atom. The summed E-state index contributed by atoms with van der Waals surface area (Å²) in [4.78, 5) is 24.3. The molecule has 5 nitrogen and oxygen atoms in total. The maximum absolute atomic E-state index is 12.2. The zero-order chi connectivity index (χ0) is 17.1. The van der Waals surface area contributed by atoms with E-state index in [1.807, 2.05) is 48.5 Å². The van der Waals surface area contributed by atoms with Crippen molar-refractivity contribution < 1.29 is 9.59 Å². The molecule has 1 heterocycles. The average molecular weight is 323 g/mol. The molecule has 0 bridgehead atoms. The molecule has 1 aliphatic rings. The van der Waals surface area contributed by atoms with E-state index in [4.69, 9.17) is 0 Å². The van der Waals surface area contributed by atoms with Crippen LogP contribution in [0.5, 0.6) is 0 Å². The Morgan fingerprint density at radius 3 is 2.42 bits per heavy atom. The number of para-hydroxylation sites is 2. The van der Waals surface area contributed by atoms with Gasteiger partial charge in [-0.05, 0) is 35.7 Å². The molecule has 0 aliphatic carbocycles. The second-order valence-corrected chi connectivity index (χ2v) is 6.26. The number of hydrogen-bond acceptors (Lipinski definition) is 3. The lowest BCUT2D eigenvalue weighted by molar-refractivity contribution is -0.122. The zero-order valence-corrected chi connectivity index (χ0v) is 13.8. The lowest BCUT2D eigenvalue weighted by Gasteiger charge is -2.26. The van der Waals surface area contributed by atoms with E-state index in [1.165, 1.54) is 5.56 Å². The summed E-state index contributed by atoms with van der Waals surface area (Å²) >= 11 is 0. The number of amides is 2. The maximum Gasteiger partial charge on any atom is 0.247 e. The van der Waals surface area contributed by atoms with Crippen LogP contribution in [0.25, 0.3) is 0 Å². The summed E-state index contributed by atoms with van der Waals surface area (Å²) in [6.07, 6.45) is 0.0755. The van der Waals surface area contributed by atoms with Gasteiger partial charge < -0.3 is 16.0 Å². The van der Waals surface area contributed by atoms with Crippen molar-refractivity contribution in [3.63, 3.8) is 0 Å². The normalized spacial score (nSPS) is 16.1. The van der Waals surface area contributed by atoms with Crippen molar-refractivity contribution in [1.29, 1.82) is 0 Å². The molecule has 2 amide bonds. The van der Waals surface area contributed by atoms with E-state index in [0.29, 0.717) is 5.92 Å². The highest BCUT2D eigenvalue weighted by atomic mass is 16.2. The van der Waals surface area contributed by atoms with Crippen LogP contribution in [0.1, 0.15) is 31.7 Å². The lowest BCUT2D eigenvalue weighted by atomic mass is 10.0. The van der Waals surface area contributed by atoms with Gasteiger partial charge in [0, 0.05) is 5.69 Å². The highest BCUT2D eigenvalue weighted by molar-refractivity contribution is 6.06. The van der Waals surface area contributed by atoms with Crippen molar-refractivity contribution in [2.24, 2.45) is 0 Å². The molecule has 0 spiro atoms. The SMILES string of the molecule is CC(C)c1ccc(NC(=O)CC2Nc3ccccc3NC2=O)cc1. The van der Waals surface area contributed by atoms with Crippen LogP contribution in [-0.2, 0) is 9.59 Å². The predicted molar refractivity (Wildman–Crippen MR) is 96.3 cm³/mol. The summed E-state index contributed by atoms with van der Waals surface area (Å²) < 4.78 is 0. The van der Waals surface area contributed by atoms with Gasteiger partial charge in [-0.15, -0.1) is 0 Å². The molecule has 1 atom stereocenters. The first-order valence-corrected chi connectivity index (χ1v) is 8.09. The minimum absolute atomic E-state index is 0.0755. The topological polar surface area (TPSA) is 70.2 Å². The third-order valence-electron chi connectivity index (χ3n) is 4.08. The molecule has 3 N–H and O–H groups in total. The fraction of sp³-hybridized carbons (Fsp3) is 0.263. The van der Waals surface area contributed by atoms with Gasteiger partial charge in [0.15, 0.2) is 0 Å². The smallest absolute Gasteiger partial charge is 0.247 e. The van der Waals surface area contributed by atoms with Crippen molar-refractivity contribution in [1.82, 2.24) is 0 Å². The number of nitrogens with one attached hydrogen (secondary N) is 3. The van der Waals surface area contributed by atoms with E-state index in [1.54, 1.807) is 0 Å². The molecule has 24 heavy (non-hydrogen) atoms. The molecule has 124 valence electrons. The first-order valence-electron chi connectivity index (χ1n) is 8.09. The number of fused-ring (bicyclic) bond motifs is 1. The highest BCUT2D eigenvalue weighted by Gasteiger charge is 2.27. The van der Waals surface area contributed by atoms with E-state index in [0.717, 1.165) is 17.1 Å². The Bertz CT molecular complexity index is 753. The fourth-order valence-corrected chi connectivity index (χ4v) is 2.68. The monoisotopic (exact) mass is 323 g/mol. The molecule has 2 aromatic rings. The second-order valence-electron chi connectivity index (χ2n) is 6.26. The summed E-state index contributed by atoms with van der Waals surface area (Å²) in [5.41, 5.74) is 3.53. The van der Waals surface area contributed by atoms with Gasteiger partial charge in [0.2, 0.25) is 11.8 Å². The Morgan fingerprint density at radius 2 is 1.75 bits per heavy atom. The number of carbonyl (C=O) groups excluding carboxylic acids is 2. The molecule has 0 radical (unpaired) electrons. The van der Waals surface area contributed by atoms with Gasteiger partial charge in [-0.3, -0.25) is 9.59 Å². The zero-order valence-electron chi connectivity index (χ0n) is 13.8. The summed E-state index contributed by atoms with van der Waals surface area (Å²) in [5.74, 6) is 0.0586. The third kappa shape index (κ3) is 3.56. The van der Waals surface area contributed by atoms with E-state index in [2.05, 4.69) is 29.8 Å². The number of rotatable bonds is 4. The number of hydrogen-bond donors (Lipinski definition) is 3. The minimum atomic E-state index is -0.574. The standard InChI is InChI=1S/C19H21N3O2/c1-12(2)13-7-9-14(10-8-13)20-18(23)11-17-19(24)22-16-6-4-3-5-15(16)21-17/h3-10,12,17,21H,11H2,1-2H3,(H,20,23)(H,22,24). The average Bonchev–Trinajstić information content (AvgIpc) is 2.56. The Hall–Kier alpha value is -2.82. The molecule has 0 fully saturated rings. The van der Waals surface area contributed by atoms with Crippen molar-refractivity contribution in [2.75, 3.05) is 16.0 Å². The van der Waals surface area contributed by atoms with Crippen LogP contribution < -0.4 is 16.0 Å². The number of benzene rings is 2. The molecule has 3 rings (SSSR count). The summed E-state index contributed by atoms with van der Waals surface area (Å²) in [6.45, 7) is 4.25. The molecule has 1 unspecified atom stereocenters. The molecule has 0 saturated carbocycles. The van der Waals surface area contributed by atoms with Gasteiger partial charge in [-0.25, -0.2) is 0 Å². The summed E-state index contributed by atoms with van der Waals surface area (Å²) in [5, 5.41) is 8.77. The Balaban J connectivity index is 1.62. The number of anilines is 3. The molecule has 0 saturated heterocycles. The van der Waals surface area contributed by atoms with Crippen LogP contribution in [0.15, 0.2) is 48.5 Å². The van der Waals surface area contributed by atoms with Crippen molar-refractivity contribution >= 4 is 28.9 Å². The lowest BCUT2D eigenvalue weighted by Crippen LogP contribution is -2.41. The third-order valence-corrected chi connectivity index (χ3v) is 4.08. The van der Waals surface area contributed by atoms with E-state index in [9.17, 15) is 9.59 Å². The fourth-order valence-electron chi connectivity index (χ4n) is 2.68. The molecule has 1 aliphatic heterocycles. The van der Waals surface area contributed by atoms with Gasteiger partial charge in [-0.2, -0.15) is 0 Å². The van der Waals surface area contributed by atoms with Gasteiger partial charge in [-0.1, -0.05) is 38.1 Å². The molecular weight excluding hydrogens is 302 g/mol. The largest absolute Gasteiger partial charge is 0.372 e. The van der Waals surface area contributed by atoms with Gasteiger partial charge in [0.05, 0.1) is 17.8 Å². The van der Waals surface area contributed by atoms with E-state index in [-0.39, 0.29) is 18.2 Å². The van der Waals surface area contributed by atoms with Crippen molar-refractivity contribution in [3.05, 3.63) is 54.1 Å². The molecule has 2 aromatic carbocycles. The molecule has 5 heteroatoms. The van der Waals surface area contributed by atoms with Gasteiger partial charge >= 0.3 is 0 Å². The van der Waals surface area contributed by atoms with E-state index >= 15 is 0 Å². The van der Waals surface area contributed by atoms with Crippen LogP contribution in [0, 0.1) is 0 Å². The van der Waals surface area contributed by atoms with Crippen LogP contribution in [0.2, 0.25) is 0 Å². The summed E-state index contributed by atoms with van der Waals surface area (Å²) in [6, 6.07) is 14.6. The Labute approximate surface area is 141 Å². The van der Waals surface area contributed by atoms with Crippen LogP contribution in [0.3, 0.4) is 0 Å². The van der Waals surface area contributed by atoms with Crippen molar-refractivity contribution in [3.8, 4) is 0 Å². The van der Waals surface area contributed by atoms with Gasteiger partial charge in [0.1, 0.15) is 6.04 Å². The van der Waals surface area contributed by atoms with E-state index < -0.39 is 6.04 Å².